The van der Waals surface area contributed by atoms with Crippen molar-refractivity contribution in [3.63, 3.8) is 0 Å². The summed E-state index contributed by atoms with van der Waals surface area (Å²) in [6, 6.07) is 6.88. The third kappa shape index (κ3) is 3.50. The third-order valence-corrected chi connectivity index (χ3v) is 3.28. The minimum absolute atomic E-state index is 0. The number of carbonyl (C=O) groups excluding carboxylic acids is 1. The van der Waals surface area contributed by atoms with Crippen LogP contribution in [0.1, 0.15) is 10.4 Å². The number of halogens is 2. The number of aliphatic carboxylic acids is 1. The Bertz CT molecular complexity index is 960. The van der Waals surface area contributed by atoms with Gasteiger partial charge in [0.05, 0.1) is 5.69 Å². The molecule has 0 aliphatic carbocycles. The van der Waals surface area contributed by atoms with Crippen LogP contribution in [-0.2, 0) is 4.79 Å². The van der Waals surface area contributed by atoms with Crippen molar-refractivity contribution in [3.05, 3.63) is 48.0 Å². The van der Waals surface area contributed by atoms with Crippen molar-refractivity contribution in [1.82, 2.24) is 19.9 Å². The van der Waals surface area contributed by atoms with E-state index in [1.165, 1.54) is 35.1 Å². The normalized spacial score (nSPS) is 10.3. The highest BCUT2D eigenvalue weighted by atomic mass is 35.5. The molecule has 3 N–H and O–H groups in total. The van der Waals surface area contributed by atoms with E-state index in [0.717, 1.165) is 0 Å². The van der Waals surface area contributed by atoms with Crippen LogP contribution in [0.25, 0.3) is 16.9 Å². The second-order valence-corrected chi connectivity index (χ2v) is 4.87. The Morgan fingerprint density at radius 1 is 1.28 bits per heavy atom. The van der Waals surface area contributed by atoms with Gasteiger partial charge in [-0.1, -0.05) is 12.1 Å². The number of fused-ring (bicyclic) bond motifs is 1. The van der Waals surface area contributed by atoms with Crippen molar-refractivity contribution in [2.45, 2.75) is 0 Å². The lowest BCUT2D eigenvalue weighted by atomic mass is 10.1. The topological polar surface area (TPSA) is 117 Å². The van der Waals surface area contributed by atoms with Crippen LogP contribution in [-0.4, -0.2) is 43.2 Å². The average Bonchev–Trinajstić information content (AvgIpc) is 3.01. The first-order valence-corrected chi connectivity index (χ1v) is 6.79. The molecule has 3 aromatic rings. The monoisotopic (exact) mass is 366 g/mol. The minimum atomic E-state index is -1.23. The van der Waals surface area contributed by atoms with E-state index in [2.05, 4.69) is 15.4 Å². The standard InChI is InChI=1S/C15H11FN4O4.ClH/c16-9-3-1-2-8(4-9)10-5-11(21)13(14-18-7-19-20(10)14)15(24)17-6-12(22)23;/h1-5,7,21H,6H2,(H,17,24)(H,22,23);1H. The zero-order valence-electron chi connectivity index (χ0n) is 12.5. The smallest absolute Gasteiger partial charge is 0.322 e. The van der Waals surface area contributed by atoms with Crippen molar-refractivity contribution < 1.29 is 24.2 Å². The first-order chi connectivity index (χ1) is 11.5. The molecule has 0 fully saturated rings. The van der Waals surface area contributed by atoms with Gasteiger partial charge in [-0.2, -0.15) is 5.10 Å². The van der Waals surface area contributed by atoms with Crippen molar-refractivity contribution in [2.24, 2.45) is 0 Å². The summed E-state index contributed by atoms with van der Waals surface area (Å²) in [5.74, 6) is -2.92. The summed E-state index contributed by atoms with van der Waals surface area (Å²) < 4.78 is 14.7. The fourth-order valence-corrected chi connectivity index (χ4v) is 2.28. The van der Waals surface area contributed by atoms with Gasteiger partial charge in [0.25, 0.3) is 5.91 Å². The molecule has 0 spiro atoms. The van der Waals surface area contributed by atoms with Crippen molar-refractivity contribution >= 4 is 29.9 Å². The number of benzene rings is 1. The molecule has 2 heterocycles. The molecule has 130 valence electrons. The molecule has 3 rings (SSSR count). The Hall–Kier alpha value is -3.20. The van der Waals surface area contributed by atoms with Crippen molar-refractivity contribution in [1.29, 1.82) is 0 Å². The second-order valence-electron chi connectivity index (χ2n) is 4.87. The molecule has 0 atom stereocenters. The van der Waals surface area contributed by atoms with Gasteiger partial charge in [0.15, 0.2) is 5.65 Å². The number of aromatic hydroxyl groups is 1. The molecule has 0 saturated heterocycles. The zero-order valence-corrected chi connectivity index (χ0v) is 13.3. The summed E-state index contributed by atoms with van der Waals surface area (Å²) in [7, 11) is 0. The fraction of sp³-hybridized carbons (Fsp3) is 0.0667. The molecule has 0 aliphatic rings. The van der Waals surface area contributed by atoms with Gasteiger partial charge in [-0.15, -0.1) is 12.4 Å². The van der Waals surface area contributed by atoms with Gasteiger partial charge in [0.2, 0.25) is 0 Å². The number of carboxylic acids is 1. The summed E-state index contributed by atoms with van der Waals surface area (Å²) >= 11 is 0. The summed E-state index contributed by atoms with van der Waals surface area (Å²) in [5, 5.41) is 24.9. The van der Waals surface area contributed by atoms with E-state index in [1.54, 1.807) is 6.07 Å². The summed E-state index contributed by atoms with van der Waals surface area (Å²) in [6.45, 7) is -0.607. The molecule has 10 heteroatoms. The quantitative estimate of drug-likeness (QED) is 0.644. The summed E-state index contributed by atoms with van der Waals surface area (Å²) in [5.41, 5.74) is 0.568. The van der Waals surface area contributed by atoms with E-state index >= 15 is 0 Å². The molecule has 1 aromatic carbocycles. The Balaban J connectivity index is 0.00000225. The minimum Gasteiger partial charge on any atom is -0.507 e. The number of pyridine rings is 1. The van der Waals surface area contributed by atoms with Crippen molar-refractivity contribution in [3.8, 4) is 17.0 Å². The van der Waals surface area contributed by atoms with E-state index in [0.29, 0.717) is 11.3 Å². The molecule has 2 aromatic heterocycles. The van der Waals surface area contributed by atoms with E-state index in [1.807, 2.05) is 0 Å². The molecule has 0 saturated carbocycles. The molecule has 0 radical (unpaired) electrons. The van der Waals surface area contributed by atoms with Crippen LogP contribution in [0.4, 0.5) is 4.39 Å². The molecule has 1 amide bonds. The van der Waals surface area contributed by atoms with Crippen molar-refractivity contribution in [2.75, 3.05) is 6.54 Å². The maximum absolute atomic E-state index is 13.4. The average molecular weight is 367 g/mol. The SMILES string of the molecule is Cl.O=C(O)CNC(=O)c1c(O)cc(-c2cccc(F)c2)n2ncnc12. The number of nitrogens with zero attached hydrogens (tertiary/aromatic N) is 3. The Morgan fingerprint density at radius 2 is 2.04 bits per heavy atom. The van der Waals surface area contributed by atoms with Crippen LogP contribution in [0.2, 0.25) is 0 Å². The van der Waals surface area contributed by atoms with Crippen LogP contribution >= 0.6 is 12.4 Å². The molecular weight excluding hydrogens is 355 g/mol. The third-order valence-electron chi connectivity index (χ3n) is 3.28. The Morgan fingerprint density at radius 3 is 2.72 bits per heavy atom. The lowest BCUT2D eigenvalue weighted by Gasteiger charge is -2.10. The lowest BCUT2D eigenvalue weighted by molar-refractivity contribution is -0.135. The summed E-state index contributed by atoms with van der Waals surface area (Å²) in [4.78, 5) is 26.6. The van der Waals surface area contributed by atoms with E-state index in [9.17, 15) is 19.1 Å². The summed E-state index contributed by atoms with van der Waals surface area (Å²) in [6.07, 6.45) is 1.17. The second kappa shape index (κ2) is 7.14. The van der Waals surface area contributed by atoms with Crippen LogP contribution in [0.5, 0.6) is 5.75 Å². The number of carbonyl (C=O) groups is 2. The number of carboxylic acid groups (broad SMARTS) is 1. The highest BCUT2D eigenvalue weighted by molar-refractivity contribution is 6.03. The van der Waals surface area contributed by atoms with Crippen LogP contribution < -0.4 is 5.32 Å². The molecule has 0 unspecified atom stereocenters. The predicted octanol–water partition coefficient (Wildman–Crippen LogP) is 1.48. The fourth-order valence-electron chi connectivity index (χ4n) is 2.28. The zero-order chi connectivity index (χ0) is 17.3. The van der Waals surface area contributed by atoms with Crippen LogP contribution in [0.3, 0.4) is 0 Å². The van der Waals surface area contributed by atoms with Crippen LogP contribution in [0.15, 0.2) is 36.7 Å². The van der Waals surface area contributed by atoms with Gasteiger partial charge in [0, 0.05) is 11.6 Å². The van der Waals surface area contributed by atoms with E-state index < -0.39 is 30.0 Å². The van der Waals surface area contributed by atoms with Gasteiger partial charge in [-0.3, -0.25) is 9.59 Å². The van der Waals surface area contributed by atoms with Crippen LogP contribution in [0, 0.1) is 5.82 Å². The first-order valence-electron chi connectivity index (χ1n) is 6.79. The molecule has 8 nitrogen and oxygen atoms in total. The highest BCUT2D eigenvalue weighted by Gasteiger charge is 2.21. The number of rotatable bonds is 4. The number of nitrogens with one attached hydrogen (secondary N) is 1. The maximum Gasteiger partial charge on any atom is 0.322 e. The largest absolute Gasteiger partial charge is 0.507 e. The highest BCUT2D eigenvalue weighted by Crippen LogP contribution is 2.29. The lowest BCUT2D eigenvalue weighted by Crippen LogP contribution is -2.29. The van der Waals surface area contributed by atoms with Gasteiger partial charge in [-0.05, 0) is 12.1 Å². The number of amides is 1. The van der Waals surface area contributed by atoms with Gasteiger partial charge in [-0.25, -0.2) is 13.9 Å². The Labute approximate surface area is 146 Å². The van der Waals surface area contributed by atoms with Gasteiger partial charge < -0.3 is 15.5 Å². The van der Waals surface area contributed by atoms with E-state index in [4.69, 9.17) is 5.11 Å². The number of aromatic nitrogens is 3. The number of hydrogen-bond donors (Lipinski definition) is 3. The predicted molar refractivity (Wildman–Crippen MR) is 87.3 cm³/mol. The Kier molecular flexibility index (Phi) is 5.18. The van der Waals surface area contributed by atoms with Gasteiger partial charge in [0.1, 0.15) is 30.0 Å². The molecular formula is C15H12ClFN4O4. The maximum atomic E-state index is 13.4. The molecule has 0 aliphatic heterocycles. The molecule has 25 heavy (non-hydrogen) atoms. The van der Waals surface area contributed by atoms with Gasteiger partial charge >= 0.3 is 5.97 Å². The number of hydrogen-bond acceptors (Lipinski definition) is 5. The van der Waals surface area contributed by atoms with E-state index in [-0.39, 0.29) is 23.6 Å². The first kappa shape index (κ1) is 18.1. The molecule has 0 bridgehead atoms.